The summed E-state index contributed by atoms with van der Waals surface area (Å²) < 4.78 is 30.0. The van der Waals surface area contributed by atoms with Crippen LogP contribution >= 0.6 is 0 Å². The standard InChI is InChI=1S/3C8H10O2S.Sb/c3*1-9-6-4-3-5-7(10-2)8(6)11;/h3*3-5,11H,1-2H3;/q;;;+3/p-3. The molecule has 0 bridgehead atoms. The van der Waals surface area contributed by atoms with E-state index >= 15 is 0 Å². The molecule has 34 heavy (non-hydrogen) atoms. The van der Waals surface area contributed by atoms with E-state index in [0.29, 0.717) is 49.2 Å². The van der Waals surface area contributed by atoms with Crippen molar-refractivity contribution < 1.29 is 28.4 Å². The Bertz CT molecular complexity index is 810. The zero-order valence-electron chi connectivity index (χ0n) is 19.8. The van der Waals surface area contributed by atoms with Crippen LogP contribution in [0.2, 0.25) is 0 Å². The predicted molar refractivity (Wildman–Crippen MR) is 141 cm³/mol. The third-order valence-electron chi connectivity index (χ3n) is 4.15. The Hall–Kier alpha value is -2.06. The van der Waals surface area contributed by atoms with Crippen molar-refractivity contribution in [2.75, 3.05) is 42.7 Å². The fraction of sp³-hybridized carbons (Fsp3) is 0.250. The van der Waals surface area contributed by atoms with Crippen molar-refractivity contribution in [1.82, 2.24) is 0 Å². The molecule has 0 saturated heterocycles. The molecular formula is C24H27O6S3Sb. The van der Waals surface area contributed by atoms with Gasteiger partial charge in [-0.25, -0.2) is 0 Å². The molecule has 182 valence electrons. The van der Waals surface area contributed by atoms with Crippen molar-refractivity contribution in [2.24, 2.45) is 0 Å². The summed E-state index contributed by atoms with van der Waals surface area (Å²) in [5.74, 6) is 4.08. The van der Waals surface area contributed by atoms with Gasteiger partial charge in [-0.2, -0.15) is 0 Å². The topological polar surface area (TPSA) is 55.4 Å². The molecule has 0 spiro atoms. The van der Waals surface area contributed by atoms with E-state index in [4.69, 9.17) is 66.3 Å². The van der Waals surface area contributed by atoms with Gasteiger partial charge in [0.25, 0.3) is 0 Å². The zero-order chi connectivity index (χ0) is 24.8. The van der Waals surface area contributed by atoms with Crippen LogP contribution in [0.25, 0.3) is 0 Å². The van der Waals surface area contributed by atoms with Crippen molar-refractivity contribution in [1.29, 1.82) is 0 Å². The molecule has 0 saturated carbocycles. The van der Waals surface area contributed by atoms with Gasteiger partial charge < -0.3 is 66.3 Å². The molecule has 6 nitrogen and oxygen atoms in total. The molecule has 0 aliphatic heterocycles. The molecule has 3 aromatic rings. The summed E-state index contributed by atoms with van der Waals surface area (Å²) >= 11 is 15.1. The van der Waals surface area contributed by atoms with E-state index in [0.717, 1.165) is 0 Å². The number of rotatable bonds is 6. The van der Waals surface area contributed by atoms with Gasteiger partial charge in [0.2, 0.25) is 0 Å². The minimum absolute atomic E-state index is 0. The number of hydrogen-bond donors (Lipinski definition) is 0. The van der Waals surface area contributed by atoms with E-state index in [-0.39, 0.29) is 24.4 Å². The number of ether oxygens (including phenoxy) is 6. The van der Waals surface area contributed by atoms with Gasteiger partial charge in [-0.3, -0.25) is 0 Å². The first kappa shape index (κ1) is 31.9. The van der Waals surface area contributed by atoms with E-state index in [9.17, 15) is 0 Å². The maximum Gasteiger partial charge on any atom is 3.00 e. The maximum absolute atomic E-state index is 5.04. The largest absolute Gasteiger partial charge is 3.00 e. The smallest absolute Gasteiger partial charge is 0.773 e. The molecule has 10 heteroatoms. The Morgan fingerprint density at radius 3 is 0.647 bits per heavy atom. The van der Waals surface area contributed by atoms with Gasteiger partial charge >= 0.3 is 24.4 Å². The summed E-state index contributed by atoms with van der Waals surface area (Å²) in [5, 5.41) is 0. The fourth-order valence-corrected chi connectivity index (χ4v) is 3.36. The molecular weight excluding hydrogens is 602 g/mol. The van der Waals surface area contributed by atoms with Crippen molar-refractivity contribution in [3.8, 4) is 34.5 Å². The molecule has 3 rings (SSSR count). The Labute approximate surface area is 235 Å². The molecule has 0 aromatic heterocycles. The summed E-state index contributed by atoms with van der Waals surface area (Å²) in [4.78, 5) is 1.87. The quantitative estimate of drug-likeness (QED) is 0.291. The minimum Gasteiger partial charge on any atom is -0.773 e. The van der Waals surface area contributed by atoms with Crippen molar-refractivity contribution in [3.05, 3.63) is 54.6 Å². The average Bonchev–Trinajstić information content (AvgIpc) is 2.85. The summed E-state index contributed by atoms with van der Waals surface area (Å²) in [6.07, 6.45) is 0. The molecule has 0 fully saturated rings. The summed E-state index contributed by atoms with van der Waals surface area (Å²) in [6.45, 7) is 0. The second-order valence-electron chi connectivity index (χ2n) is 5.97. The third kappa shape index (κ3) is 9.29. The molecule has 0 unspecified atom stereocenters. The second-order valence-corrected chi connectivity index (χ2v) is 7.20. The number of hydrogen-bond acceptors (Lipinski definition) is 9. The van der Waals surface area contributed by atoms with Crippen LogP contribution in [0.4, 0.5) is 0 Å². The zero-order valence-corrected chi connectivity index (χ0v) is 24.8. The van der Waals surface area contributed by atoms with Crippen LogP contribution in [0.1, 0.15) is 0 Å². The Morgan fingerprint density at radius 1 is 0.382 bits per heavy atom. The first-order valence-corrected chi connectivity index (χ1v) is 10.7. The van der Waals surface area contributed by atoms with Crippen molar-refractivity contribution >= 4 is 62.3 Å². The number of methoxy groups -OCH3 is 6. The van der Waals surface area contributed by atoms with Crippen LogP contribution in [-0.4, -0.2) is 67.1 Å². The van der Waals surface area contributed by atoms with Gasteiger partial charge in [-0.15, -0.1) is 0 Å². The normalized spacial score (nSPS) is 9.00. The van der Waals surface area contributed by atoms with Crippen LogP contribution < -0.4 is 28.4 Å². The van der Waals surface area contributed by atoms with Crippen LogP contribution in [0.5, 0.6) is 34.5 Å². The third-order valence-corrected chi connectivity index (χ3v) is 5.35. The molecule has 0 aliphatic carbocycles. The fourth-order valence-electron chi connectivity index (χ4n) is 2.45. The van der Waals surface area contributed by atoms with Gasteiger partial charge in [0.05, 0.1) is 42.7 Å². The van der Waals surface area contributed by atoms with E-state index in [1.54, 1.807) is 42.7 Å². The minimum atomic E-state index is 0. The van der Waals surface area contributed by atoms with E-state index in [2.05, 4.69) is 0 Å². The molecule has 0 atom stereocenters. The Morgan fingerprint density at radius 2 is 0.529 bits per heavy atom. The summed E-state index contributed by atoms with van der Waals surface area (Å²) in [5.41, 5.74) is 0. The van der Waals surface area contributed by atoms with E-state index < -0.39 is 0 Å². The molecule has 0 heterocycles. The van der Waals surface area contributed by atoms with Crippen LogP contribution in [0.15, 0.2) is 69.3 Å². The van der Waals surface area contributed by atoms with E-state index in [1.807, 2.05) is 54.6 Å². The second kappa shape index (κ2) is 17.4. The SMILES string of the molecule is COc1cccc(OC)c1[S-].COc1cccc(OC)c1[S-].COc1cccc(OC)c1[S-].[Sb+3]. The average molecular weight is 629 g/mol. The summed E-state index contributed by atoms with van der Waals surface area (Å²) in [7, 11) is 9.53. The van der Waals surface area contributed by atoms with Crippen LogP contribution in [0, 0.1) is 0 Å². The van der Waals surface area contributed by atoms with Crippen molar-refractivity contribution in [3.63, 3.8) is 0 Å². The molecule has 0 aliphatic rings. The monoisotopic (exact) mass is 628 g/mol. The molecule has 2 radical (unpaired) electrons. The first-order valence-electron chi connectivity index (χ1n) is 9.52. The van der Waals surface area contributed by atoms with Crippen LogP contribution in [0.3, 0.4) is 0 Å². The van der Waals surface area contributed by atoms with Gasteiger partial charge in [0.15, 0.2) is 0 Å². The molecule has 3 aromatic carbocycles. The van der Waals surface area contributed by atoms with E-state index in [1.165, 1.54) is 0 Å². The van der Waals surface area contributed by atoms with Gasteiger partial charge in [0.1, 0.15) is 34.5 Å². The maximum atomic E-state index is 5.04. The van der Waals surface area contributed by atoms with Gasteiger partial charge in [-0.1, -0.05) is 32.9 Å². The van der Waals surface area contributed by atoms with Crippen LogP contribution in [-0.2, 0) is 37.9 Å². The Balaban J connectivity index is 0.000000473. The molecule has 0 amide bonds. The summed E-state index contributed by atoms with van der Waals surface area (Å²) in [6, 6.07) is 16.4. The number of benzene rings is 3. The van der Waals surface area contributed by atoms with Gasteiger partial charge in [-0.05, 0) is 36.4 Å². The van der Waals surface area contributed by atoms with Gasteiger partial charge in [0, 0.05) is 0 Å². The predicted octanol–water partition coefficient (Wildman–Crippen LogP) is 4.45. The Kier molecular flexibility index (Phi) is 16.3. The molecule has 0 N–H and O–H groups in total. The van der Waals surface area contributed by atoms with Crippen molar-refractivity contribution in [2.45, 2.75) is 14.7 Å². The first-order chi connectivity index (χ1) is 15.9.